The average molecular weight is 465 g/mol. The zero-order valence-corrected chi connectivity index (χ0v) is 18.8. The number of hydrogen-bond donors (Lipinski definition) is 1. The highest BCUT2D eigenvalue weighted by atomic mass is 19.1. The number of pyridine rings is 1. The number of fused-ring (bicyclic) bond motifs is 1. The van der Waals surface area contributed by atoms with Gasteiger partial charge in [-0.3, -0.25) is 4.79 Å². The van der Waals surface area contributed by atoms with Crippen LogP contribution in [0, 0.1) is 12.7 Å². The number of nitrogens with zero attached hydrogens (tertiary/aromatic N) is 2. The van der Waals surface area contributed by atoms with E-state index in [0.717, 1.165) is 0 Å². The maximum Gasteiger partial charge on any atom is 0.340 e. The first-order chi connectivity index (χ1) is 16.4. The van der Waals surface area contributed by atoms with Gasteiger partial charge in [0.2, 0.25) is 0 Å². The Hall–Kier alpha value is -4.47. The summed E-state index contributed by atoms with van der Waals surface area (Å²) < 4.78 is 35.1. The number of amides is 1. The molecule has 2 aromatic carbocycles. The van der Waals surface area contributed by atoms with Gasteiger partial charge < -0.3 is 24.1 Å². The maximum atomic E-state index is 14.4. The van der Waals surface area contributed by atoms with Crippen LogP contribution in [0.25, 0.3) is 22.4 Å². The second-order valence-corrected chi connectivity index (χ2v) is 7.18. The van der Waals surface area contributed by atoms with Crippen LogP contribution in [0.3, 0.4) is 0 Å². The van der Waals surface area contributed by atoms with E-state index in [9.17, 15) is 14.0 Å². The van der Waals surface area contributed by atoms with Crippen molar-refractivity contribution in [2.45, 2.75) is 6.92 Å². The van der Waals surface area contributed by atoms with Crippen molar-refractivity contribution in [2.75, 3.05) is 26.6 Å². The third kappa shape index (κ3) is 4.01. The third-order valence-corrected chi connectivity index (χ3v) is 5.19. The molecule has 0 saturated heterocycles. The lowest BCUT2D eigenvalue weighted by atomic mass is 10.0. The predicted molar refractivity (Wildman–Crippen MR) is 121 cm³/mol. The smallest absolute Gasteiger partial charge is 0.340 e. The number of hydrogen-bond acceptors (Lipinski definition) is 8. The molecule has 10 heteroatoms. The zero-order valence-electron chi connectivity index (χ0n) is 18.8. The van der Waals surface area contributed by atoms with Gasteiger partial charge in [0.25, 0.3) is 11.6 Å². The summed E-state index contributed by atoms with van der Waals surface area (Å²) in [6, 6.07) is 10.3. The number of anilines is 1. The molecule has 2 heterocycles. The number of nitrogens with one attached hydrogen (secondary N) is 1. The summed E-state index contributed by atoms with van der Waals surface area (Å²) in [5, 5.41) is 6.95. The van der Waals surface area contributed by atoms with E-state index < -0.39 is 17.7 Å². The number of benzene rings is 2. The van der Waals surface area contributed by atoms with Gasteiger partial charge in [0, 0.05) is 17.7 Å². The average Bonchev–Trinajstić information content (AvgIpc) is 3.23. The van der Waals surface area contributed by atoms with E-state index >= 15 is 0 Å². The first-order valence-corrected chi connectivity index (χ1v) is 10.1. The predicted octanol–water partition coefficient (Wildman–Crippen LogP) is 4.39. The molecular formula is C24H20FN3O6. The summed E-state index contributed by atoms with van der Waals surface area (Å²) in [6.45, 7) is 1.66. The lowest BCUT2D eigenvalue weighted by molar-refractivity contribution is 0.0601. The van der Waals surface area contributed by atoms with Crippen LogP contribution in [-0.4, -0.2) is 43.3 Å². The summed E-state index contributed by atoms with van der Waals surface area (Å²) in [5.41, 5.74) is 1.18. The molecule has 0 saturated carbocycles. The molecule has 0 atom stereocenters. The van der Waals surface area contributed by atoms with E-state index in [1.54, 1.807) is 19.1 Å². The number of carbonyl (C=O) groups excluding carboxylic acids is 2. The summed E-state index contributed by atoms with van der Waals surface area (Å²) in [4.78, 5) is 30.1. The van der Waals surface area contributed by atoms with Gasteiger partial charge in [0.1, 0.15) is 5.82 Å². The molecule has 0 radical (unpaired) electrons. The molecule has 1 N–H and O–H groups in total. The van der Waals surface area contributed by atoms with Gasteiger partial charge in [-0.05, 0) is 25.1 Å². The molecule has 0 unspecified atom stereocenters. The topological polar surface area (TPSA) is 113 Å². The fourth-order valence-electron chi connectivity index (χ4n) is 3.53. The molecule has 0 fully saturated rings. The summed E-state index contributed by atoms with van der Waals surface area (Å²) >= 11 is 0. The fourth-order valence-corrected chi connectivity index (χ4v) is 3.53. The second-order valence-electron chi connectivity index (χ2n) is 7.18. The van der Waals surface area contributed by atoms with Crippen molar-refractivity contribution in [1.82, 2.24) is 10.1 Å². The lowest BCUT2D eigenvalue weighted by Crippen LogP contribution is -2.17. The van der Waals surface area contributed by atoms with Crippen molar-refractivity contribution >= 4 is 28.7 Å². The number of ether oxygens (including phenoxy) is 3. The molecule has 4 aromatic rings. The lowest BCUT2D eigenvalue weighted by Gasteiger charge is -2.15. The molecule has 0 aliphatic heterocycles. The Morgan fingerprint density at radius 2 is 1.71 bits per heavy atom. The Labute approximate surface area is 193 Å². The summed E-state index contributed by atoms with van der Waals surface area (Å²) in [6.07, 6.45) is 0. The Balaban J connectivity index is 1.85. The number of rotatable bonds is 6. The van der Waals surface area contributed by atoms with Crippen molar-refractivity contribution in [1.29, 1.82) is 0 Å². The van der Waals surface area contributed by atoms with Crippen LogP contribution in [0.1, 0.15) is 26.4 Å². The van der Waals surface area contributed by atoms with E-state index in [1.807, 2.05) is 0 Å². The van der Waals surface area contributed by atoms with Crippen LogP contribution in [-0.2, 0) is 4.74 Å². The van der Waals surface area contributed by atoms with E-state index in [-0.39, 0.29) is 39.5 Å². The molecule has 0 aliphatic carbocycles. The molecule has 4 rings (SSSR count). The van der Waals surface area contributed by atoms with Crippen LogP contribution in [0.2, 0.25) is 0 Å². The maximum absolute atomic E-state index is 14.4. The number of halogens is 1. The fraction of sp³-hybridized carbons (Fsp3) is 0.167. The van der Waals surface area contributed by atoms with Crippen LogP contribution < -0.4 is 14.8 Å². The Morgan fingerprint density at radius 1 is 1.00 bits per heavy atom. The second kappa shape index (κ2) is 9.18. The zero-order chi connectivity index (χ0) is 24.4. The minimum Gasteiger partial charge on any atom is -0.493 e. The van der Waals surface area contributed by atoms with Crippen molar-refractivity contribution in [3.63, 3.8) is 0 Å². The van der Waals surface area contributed by atoms with Crippen molar-refractivity contribution in [2.24, 2.45) is 0 Å². The standard InChI is InChI=1S/C24H20FN3O6/c1-12-21-15(9-17(27-23(21)34-28-12)13-7-5-6-8-16(13)25)22(29)26-18-11-20(32-3)19(31-2)10-14(18)24(30)33-4/h5-11H,1-4H3,(H,26,29). The number of esters is 1. The van der Waals surface area contributed by atoms with E-state index in [1.165, 1.54) is 51.7 Å². The molecule has 0 spiro atoms. The minimum absolute atomic E-state index is 0.0511. The van der Waals surface area contributed by atoms with Gasteiger partial charge in [0.05, 0.1) is 54.9 Å². The van der Waals surface area contributed by atoms with Crippen LogP contribution in [0.15, 0.2) is 47.0 Å². The Morgan fingerprint density at radius 3 is 2.38 bits per heavy atom. The first-order valence-electron chi connectivity index (χ1n) is 10.1. The number of methoxy groups -OCH3 is 3. The Kier molecular flexibility index (Phi) is 6.13. The third-order valence-electron chi connectivity index (χ3n) is 5.19. The molecular weight excluding hydrogens is 445 g/mol. The highest BCUT2D eigenvalue weighted by Gasteiger charge is 2.24. The van der Waals surface area contributed by atoms with Gasteiger partial charge in [-0.15, -0.1) is 0 Å². The van der Waals surface area contributed by atoms with Crippen LogP contribution in [0.5, 0.6) is 11.5 Å². The summed E-state index contributed by atoms with van der Waals surface area (Å²) in [7, 11) is 4.07. The SMILES string of the molecule is COC(=O)c1cc(OC)c(OC)cc1NC(=O)c1cc(-c2ccccc2F)nc2onc(C)c12. The molecule has 0 aliphatic rings. The van der Waals surface area contributed by atoms with Crippen molar-refractivity contribution in [3.8, 4) is 22.8 Å². The molecule has 9 nitrogen and oxygen atoms in total. The van der Waals surface area contributed by atoms with Gasteiger partial charge in [-0.1, -0.05) is 17.3 Å². The monoisotopic (exact) mass is 465 g/mol. The van der Waals surface area contributed by atoms with Crippen molar-refractivity contribution < 1.29 is 32.7 Å². The first kappa shape index (κ1) is 22.7. The summed E-state index contributed by atoms with van der Waals surface area (Å²) in [5.74, 6) is -1.23. The highest BCUT2D eigenvalue weighted by Crippen LogP contribution is 2.35. The molecule has 174 valence electrons. The van der Waals surface area contributed by atoms with Gasteiger partial charge >= 0.3 is 5.97 Å². The van der Waals surface area contributed by atoms with Gasteiger partial charge in [-0.25, -0.2) is 14.2 Å². The van der Waals surface area contributed by atoms with Crippen molar-refractivity contribution in [3.05, 3.63) is 65.1 Å². The van der Waals surface area contributed by atoms with E-state index in [4.69, 9.17) is 18.7 Å². The number of aromatic nitrogens is 2. The Bertz CT molecular complexity index is 1420. The van der Waals surface area contributed by atoms with Crippen LogP contribution >= 0.6 is 0 Å². The largest absolute Gasteiger partial charge is 0.493 e. The van der Waals surface area contributed by atoms with Crippen LogP contribution in [0.4, 0.5) is 10.1 Å². The normalized spacial score (nSPS) is 10.7. The number of carbonyl (C=O) groups is 2. The van der Waals surface area contributed by atoms with Gasteiger partial charge in [-0.2, -0.15) is 0 Å². The molecule has 0 bridgehead atoms. The quantitative estimate of drug-likeness (QED) is 0.417. The molecule has 2 aromatic heterocycles. The van der Waals surface area contributed by atoms with E-state index in [2.05, 4.69) is 15.5 Å². The molecule has 34 heavy (non-hydrogen) atoms. The van der Waals surface area contributed by atoms with E-state index in [0.29, 0.717) is 16.8 Å². The van der Waals surface area contributed by atoms with Gasteiger partial charge in [0.15, 0.2) is 11.5 Å². The highest BCUT2D eigenvalue weighted by molar-refractivity contribution is 6.14. The molecule has 1 amide bonds. The number of aryl methyl sites for hydroxylation is 1. The minimum atomic E-state index is -0.690.